The summed E-state index contributed by atoms with van der Waals surface area (Å²) in [5, 5.41) is 3.55. The van der Waals surface area contributed by atoms with Crippen LogP contribution in [0, 0.1) is 5.92 Å². The Bertz CT molecular complexity index is 841. The highest BCUT2D eigenvalue weighted by atomic mass is 16.5. The van der Waals surface area contributed by atoms with E-state index in [1.807, 2.05) is 31.2 Å². The first-order chi connectivity index (χ1) is 12.0. The Morgan fingerprint density at radius 3 is 2.84 bits per heavy atom. The van der Waals surface area contributed by atoms with E-state index in [0.29, 0.717) is 6.54 Å². The van der Waals surface area contributed by atoms with Crippen LogP contribution >= 0.6 is 0 Å². The van der Waals surface area contributed by atoms with Gasteiger partial charge in [-0.15, -0.1) is 0 Å². The number of amides is 2. The van der Waals surface area contributed by atoms with Gasteiger partial charge in [-0.25, -0.2) is 4.79 Å². The summed E-state index contributed by atoms with van der Waals surface area (Å²) in [5.41, 5.74) is 1.95. The van der Waals surface area contributed by atoms with Crippen LogP contribution in [-0.2, 0) is 22.6 Å². The van der Waals surface area contributed by atoms with E-state index in [0.717, 1.165) is 17.7 Å². The van der Waals surface area contributed by atoms with E-state index in [2.05, 4.69) is 14.7 Å². The third-order valence-electron chi connectivity index (χ3n) is 4.39. The van der Waals surface area contributed by atoms with Crippen molar-refractivity contribution in [3.05, 3.63) is 46.2 Å². The number of aromatic nitrogens is 2. The summed E-state index contributed by atoms with van der Waals surface area (Å²) in [4.78, 5) is 41.6. The number of carbonyl (C=O) groups excluding carboxylic acids is 2. The largest absolute Gasteiger partial charge is 0.438 e. The molecule has 0 bridgehead atoms. The zero-order chi connectivity index (χ0) is 18.0. The van der Waals surface area contributed by atoms with E-state index in [9.17, 15) is 14.4 Å². The SMILES string of the molecule is CCc1ccccc1N1CC(C(=O)N(C)Cc2noc(=O)[nH]2)CC1=O. The molecule has 1 aliphatic rings. The number of carbonyl (C=O) groups is 2. The zero-order valence-corrected chi connectivity index (χ0v) is 14.2. The monoisotopic (exact) mass is 344 g/mol. The summed E-state index contributed by atoms with van der Waals surface area (Å²) >= 11 is 0. The van der Waals surface area contributed by atoms with Crippen molar-refractivity contribution in [2.75, 3.05) is 18.5 Å². The van der Waals surface area contributed by atoms with Crippen LogP contribution in [0.1, 0.15) is 24.7 Å². The van der Waals surface area contributed by atoms with Crippen LogP contribution in [0.15, 0.2) is 33.6 Å². The number of H-pyrrole nitrogens is 1. The Hall–Kier alpha value is -2.90. The number of anilines is 1. The maximum absolute atomic E-state index is 12.6. The standard InChI is InChI=1S/C17H20N4O4/c1-3-11-6-4-5-7-13(11)21-9-12(8-15(21)22)16(23)20(2)10-14-18-17(24)25-19-14/h4-7,12H,3,8-10H2,1-2H3,(H,18,19,24). The predicted molar refractivity (Wildman–Crippen MR) is 89.9 cm³/mol. The molecule has 8 heteroatoms. The van der Waals surface area contributed by atoms with Crippen molar-refractivity contribution in [3.63, 3.8) is 0 Å². The molecule has 2 heterocycles. The Labute approximate surface area is 144 Å². The molecule has 1 N–H and O–H groups in total. The molecule has 1 fully saturated rings. The lowest BCUT2D eigenvalue weighted by atomic mass is 10.1. The number of aromatic amines is 1. The molecule has 1 aromatic carbocycles. The third kappa shape index (κ3) is 3.47. The fourth-order valence-electron chi connectivity index (χ4n) is 3.12. The lowest BCUT2D eigenvalue weighted by Crippen LogP contribution is -2.34. The average molecular weight is 344 g/mol. The summed E-state index contributed by atoms with van der Waals surface area (Å²) < 4.78 is 4.43. The molecule has 0 saturated carbocycles. The maximum Gasteiger partial charge on any atom is 0.438 e. The quantitative estimate of drug-likeness (QED) is 0.870. The van der Waals surface area contributed by atoms with Crippen LogP contribution in [0.3, 0.4) is 0 Å². The van der Waals surface area contributed by atoms with Crippen molar-refractivity contribution in [2.24, 2.45) is 5.92 Å². The second kappa shape index (κ2) is 6.92. The number of para-hydroxylation sites is 1. The maximum atomic E-state index is 12.6. The topological polar surface area (TPSA) is 99.5 Å². The van der Waals surface area contributed by atoms with E-state index < -0.39 is 11.7 Å². The van der Waals surface area contributed by atoms with E-state index >= 15 is 0 Å². The molecule has 0 spiro atoms. The second-order valence-corrected chi connectivity index (χ2v) is 6.12. The van der Waals surface area contributed by atoms with Gasteiger partial charge in [0.25, 0.3) is 0 Å². The van der Waals surface area contributed by atoms with Gasteiger partial charge >= 0.3 is 5.76 Å². The normalized spacial score (nSPS) is 17.1. The first-order valence-electron chi connectivity index (χ1n) is 8.17. The van der Waals surface area contributed by atoms with Crippen LogP contribution in [-0.4, -0.2) is 40.4 Å². The van der Waals surface area contributed by atoms with Crippen molar-refractivity contribution >= 4 is 17.5 Å². The minimum atomic E-state index is -0.658. The highest BCUT2D eigenvalue weighted by Crippen LogP contribution is 2.29. The summed E-state index contributed by atoms with van der Waals surface area (Å²) in [7, 11) is 1.61. The Morgan fingerprint density at radius 2 is 2.16 bits per heavy atom. The van der Waals surface area contributed by atoms with E-state index in [1.54, 1.807) is 11.9 Å². The van der Waals surface area contributed by atoms with Crippen LogP contribution in [0.4, 0.5) is 5.69 Å². The zero-order valence-electron chi connectivity index (χ0n) is 14.2. The van der Waals surface area contributed by atoms with Gasteiger partial charge in [-0.1, -0.05) is 30.3 Å². The highest BCUT2D eigenvalue weighted by molar-refractivity contribution is 6.00. The smallest absolute Gasteiger partial charge is 0.338 e. The fraction of sp³-hybridized carbons (Fsp3) is 0.412. The van der Waals surface area contributed by atoms with Crippen LogP contribution < -0.4 is 10.7 Å². The van der Waals surface area contributed by atoms with Gasteiger partial charge in [-0.2, -0.15) is 0 Å². The van der Waals surface area contributed by atoms with Gasteiger partial charge in [0.05, 0.1) is 12.5 Å². The highest BCUT2D eigenvalue weighted by Gasteiger charge is 2.37. The van der Waals surface area contributed by atoms with Crippen molar-refractivity contribution in [2.45, 2.75) is 26.3 Å². The molecule has 132 valence electrons. The van der Waals surface area contributed by atoms with E-state index in [4.69, 9.17) is 0 Å². The summed E-state index contributed by atoms with van der Waals surface area (Å²) in [6, 6.07) is 7.74. The molecule has 2 aromatic rings. The van der Waals surface area contributed by atoms with Crippen LogP contribution in [0.5, 0.6) is 0 Å². The minimum Gasteiger partial charge on any atom is -0.338 e. The number of aryl methyl sites for hydroxylation is 1. The molecular weight excluding hydrogens is 324 g/mol. The average Bonchev–Trinajstić information content (AvgIpc) is 3.19. The number of hydrogen-bond donors (Lipinski definition) is 1. The number of nitrogens with one attached hydrogen (secondary N) is 1. The first-order valence-corrected chi connectivity index (χ1v) is 8.17. The van der Waals surface area contributed by atoms with Crippen molar-refractivity contribution in [3.8, 4) is 0 Å². The van der Waals surface area contributed by atoms with Crippen LogP contribution in [0.25, 0.3) is 0 Å². The Balaban J connectivity index is 1.71. The minimum absolute atomic E-state index is 0.0532. The number of rotatable bonds is 5. The molecule has 3 rings (SSSR count). The number of hydrogen-bond acceptors (Lipinski definition) is 5. The fourth-order valence-corrected chi connectivity index (χ4v) is 3.12. The van der Waals surface area contributed by atoms with Gasteiger partial charge in [-0.3, -0.25) is 19.1 Å². The van der Waals surface area contributed by atoms with Gasteiger partial charge in [0.2, 0.25) is 11.8 Å². The molecule has 8 nitrogen and oxygen atoms in total. The van der Waals surface area contributed by atoms with Gasteiger partial charge in [-0.05, 0) is 18.1 Å². The molecule has 0 radical (unpaired) electrons. The van der Waals surface area contributed by atoms with Gasteiger partial charge < -0.3 is 9.80 Å². The van der Waals surface area contributed by atoms with Gasteiger partial charge in [0.1, 0.15) is 0 Å². The second-order valence-electron chi connectivity index (χ2n) is 6.12. The predicted octanol–water partition coefficient (Wildman–Crippen LogP) is 0.937. The van der Waals surface area contributed by atoms with Crippen molar-refractivity contribution in [1.82, 2.24) is 15.0 Å². The van der Waals surface area contributed by atoms with Crippen molar-refractivity contribution < 1.29 is 14.1 Å². The Kier molecular flexibility index (Phi) is 4.69. The third-order valence-corrected chi connectivity index (χ3v) is 4.39. The molecular formula is C17H20N4O4. The summed E-state index contributed by atoms with van der Waals surface area (Å²) in [6.07, 6.45) is 0.995. The summed E-state index contributed by atoms with van der Waals surface area (Å²) in [5.74, 6) is -1.01. The molecule has 1 atom stereocenters. The molecule has 1 aliphatic heterocycles. The Morgan fingerprint density at radius 1 is 1.40 bits per heavy atom. The van der Waals surface area contributed by atoms with Gasteiger partial charge in [0.15, 0.2) is 5.82 Å². The molecule has 1 unspecified atom stereocenters. The van der Waals surface area contributed by atoms with Gasteiger partial charge in [0, 0.05) is 25.7 Å². The first kappa shape index (κ1) is 16.9. The molecule has 1 aromatic heterocycles. The lowest BCUT2D eigenvalue weighted by Gasteiger charge is -2.22. The number of benzene rings is 1. The molecule has 1 saturated heterocycles. The lowest BCUT2D eigenvalue weighted by molar-refractivity contribution is -0.135. The van der Waals surface area contributed by atoms with E-state index in [-0.39, 0.29) is 30.6 Å². The number of nitrogens with zero attached hydrogens (tertiary/aromatic N) is 3. The van der Waals surface area contributed by atoms with E-state index in [1.165, 1.54) is 4.90 Å². The molecule has 0 aliphatic carbocycles. The van der Waals surface area contributed by atoms with Crippen molar-refractivity contribution in [1.29, 1.82) is 0 Å². The van der Waals surface area contributed by atoms with Crippen LogP contribution in [0.2, 0.25) is 0 Å². The molecule has 25 heavy (non-hydrogen) atoms. The molecule has 2 amide bonds. The summed E-state index contributed by atoms with van der Waals surface area (Å²) in [6.45, 7) is 2.52.